The molecule has 3 aliphatic rings. The summed E-state index contributed by atoms with van der Waals surface area (Å²) < 4.78 is 20.0. The third kappa shape index (κ3) is 9.81. The van der Waals surface area contributed by atoms with Crippen molar-refractivity contribution in [3.63, 3.8) is 0 Å². The molecule has 2 heterocycles. The summed E-state index contributed by atoms with van der Waals surface area (Å²) in [6.45, 7) is 7.23. The number of thioether (sulfide) groups is 1. The van der Waals surface area contributed by atoms with Crippen LogP contribution in [0.3, 0.4) is 0 Å². The average molecular weight is 770 g/mol. The normalized spacial score (nSPS) is 24.5. The van der Waals surface area contributed by atoms with Crippen LogP contribution in [0.4, 0.5) is 4.79 Å². The molecule has 1 aromatic heterocycles. The number of ether oxygens (including phenoxy) is 3. The number of aromatic nitrogens is 1. The molecule has 10 nitrogen and oxygen atoms in total. The molecule has 6 unspecified atom stereocenters. The highest BCUT2D eigenvalue weighted by Gasteiger charge is 2.64. The number of carbonyl (C=O) groups excluding carboxylic acids is 1. The van der Waals surface area contributed by atoms with Gasteiger partial charge >= 0.3 is 6.09 Å². The van der Waals surface area contributed by atoms with Gasteiger partial charge in [0.1, 0.15) is 18.1 Å². The van der Waals surface area contributed by atoms with Crippen molar-refractivity contribution in [2.75, 3.05) is 32.1 Å². The van der Waals surface area contributed by atoms with E-state index in [1.54, 1.807) is 12.1 Å². The number of unbranched alkanes of at least 4 members (excludes halogenated alkanes) is 2. The third-order valence-electron chi connectivity index (χ3n) is 10.9. The quantitative estimate of drug-likeness (QED) is 0.0595. The fourth-order valence-electron chi connectivity index (χ4n) is 8.45. The van der Waals surface area contributed by atoms with Crippen molar-refractivity contribution in [3.05, 3.63) is 114 Å². The second-order valence-corrected chi connectivity index (χ2v) is 15.7. The van der Waals surface area contributed by atoms with Crippen LogP contribution < -0.4 is 14.8 Å². The number of fused-ring (bicyclic) bond motifs is 2. The number of aliphatic hydroxyl groups is 2. The highest BCUT2D eigenvalue weighted by molar-refractivity contribution is 8.00. The van der Waals surface area contributed by atoms with Crippen LogP contribution in [-0.2, 0) is 22.6 Å². The number of hydrogen-bond acceptors (Lipinski definition) is 10. The highest BCUT2D eigenvalue weighted by atomic mass is 32.2. The number of rotatable bonds is 20. The topological polar surface area (TPSA) is 132 Å². The molecule has 0 bridgehead atoms. The summed E-state index contributed by atoms with van der Waals surface area (Å²) in [5.74, 6) is 0.790. The maximum absolute atomic E-state index is 12.6. The van der Waals surface area contributed by atoms with Gasteiger partial charge in [0.2, 0.25) is 5.79 Å². The van der Waals surface area contributed by atoms with Crippen LogP contribution in [0.15, 0.2) is 103 Å². The van der Waals surface area contributed by atoms with Gasteiger partial charge in [-0.3, -0.25) is 4.98 Å². The number of nitrogens with zero attached hydrogens (tertiary/aromatic N) is 2. The van der Waals surface area contributed by atoms with Crippen molar-refractivity contribution in [2.24, 2.45) is 22.9 Å². The minimum absolute atomic E-state index is 0.105. The number of aryl methyl sites for hydroxylation is 1. The van der Waals surface area contributed by atoms with Crippen LogP contribution in [0, 0.1) is 17.8 Å². The largest absolute Gasteiger partial charge is 0.460 e. The van der Waals surface area contributed by atoms with Crippen LogP contribution in [-0.4, -0.2) is 70.2 Å². The Balaban J connectivity index is 1.49. The molecule has 1 amide bonds. The maximum Gasteiger partial charge on any atom is 0.412 e. The molecule has 55 heavy (non-hydrogen) atoms. The SMILES string of the molecule is C=CCOC12Oc3ccc(OC(=O)NCC)cc3C3C(CCCCO)C(CCCCO)C=C(C(=NOCc4ccccc4)CC1SCCc1ccncc1)C32. The molecule has 0 saturated heterocycles. The zero-order valence-corrected chi connectivity index (χ0v) is 32.6. The monoisotopic (exact) mass is 769 g/mol. The number of pyridine rings is 1. The molecular weight excluding hydrogens is 715 g/mol. The van der Waals surface area contributed by atoms with Crippen molar-refractivity contribution >= 4 is 23.6 Å². The van der Waals surface area contributed by atoms with E-state index in [-0.39, 0.29) is 48.7 Å². The molecule has 0 spiro atoms. The lowest BCUT2D eigenvalue weighted by molar-refractivity contribution is -0.223. The lowest BCUT2D eigenvalue weighted by atomic mass is 9.56. The molecule has 6 atom stereocenters. The van der Waals surface area contributed by atoms with E-state index in [1.165, 1.54) is 5.56 Å². The molecule has 3 N–H and O–H groups in total. The fraction of sp³-hybridized carbons (Fsp3) is 0.477. The summed E-state index contributed by atoms with van der Waals surface area (Å²) in [6, 6.07) is 19.8. The van der Waals surface area contributed by atoms with Gasteiger partial charge in [-0.05, 0) is 104 Å². The first-order chi connectivity index (χ1) is 27.0. The van der Waals surface area contributed by atoms with Crippen LogP contribution in [0.5, 0.6) is 11.5 Å². The second-order valence-electron chi connectivity index (χ2n) is 14.4. The Morgan fingerprint density at radius 2 is 1.84 bits per heavy atom. The van der Waals surface area contributed by atoms with Crippen molar-refractivity contribution in [2.45, 2.75) is 81.9 Å². The van der Waals surface area contributed by atoms with E-state index in [0.29, 0.717) is 43.9 Å². The minimum Gasteiger partial charge on any atom is -0.460 e. The minimum atomic E-state index is -1.08. The van der Waals surface area contributed by atoms with Gasteiger partial charge in [0, 0.05) is 50.1 Å². The van der Waals surface area contributed by atoms with Crippen LogP contribution in [0.1, 0.15) is 74.5 Å². The Hall–Kier alpha value is -4.16. The number of amides is 1. The van der Waals surface area contributed by atoms with Crippen molar-refractivity contribution < 1.29 is 34.1 Å². The second kappa shape index (κ2) is 20.1. The maximum atomic E-state index is 12.6. The van der Waals surface area contributed by atoms with Crippen LogP contribution in [0.2, 0.25) is 0 Å². The van der Waals surface area contributed by atoms with E-state index in [0.717, 1.165) is 60.3 Å². The molecule has 1 fully saturated rings. The number of benzene rings is 2. The standard InChI is InChI=1S/C44H55N3O7S/c1-3-25-51-44-40(55-26-20-31-18-21-45-22-19-31)29-38(47-52-30-32-12-6-5-7-13-32)36-27-33(14-8-10-23-48)35(15-9-11-24-49)41(42(36)44)37-28-34(16-17-39(37)54-44)53-43(50)46-4-2/h3,5-7,12-13,16-19,21-22,27-28,33,35,40-42,48-49H,1,4,8-11,14-15,20,23-26,29-30H2,2H3,(H,46,50). The number of allylic oxidation sites excluding steroid dienone is 1. The molecule has 294 valence electrons. The summed E-state index contributed by atoms with van der Waals surface area (Å²) in [5, 5.41) is 27.2. The first-order valence-electron chi connectivity index (χ1n) is 19.7. The molecule has 0 radical (unpaired) electrons. The third-order valence-corrected chi connectivity index (χ3v) is 12.2. The van der Waals surface area contributed by atoms with Gasteiger partial charge in [-0.2, -0.15) is 11.8 Å². The van der Waals surface area contributed by atoms with E-state index in [1.807, 2.05) is 73.5 Å². The number of nitrogens with one attached hydrogen (secondary N) is 1. The van der Waals surface area contributed by atoms with Crippen molar-refractivity contribution in [1.82, 2.24) is 10.3 Å². The Morgan fingerprint density at radius 1 is 1.05 bits per heavy atom. The summed E-state index contributed by atoms with van der Waals surface area (Å²) in [6.07, 6.45) is 13.6. The van der Waals surface area contributed by atoms with Crippen LogP contribution >= 0.6 is 11.8 Å². The van der Waals surface area contributed by atoms with Gasteiger partial charge in [0.15, 0.2) is 0 Å². The number of oxime groups is 1. The fourth-order valence-corrected chi connectivity index (χ4v) is 9.86. The van der Waals surface area contributed by atoms with Gasteiger partial charge in [0.05, 0.1) is 23.5 Å². The molecule has 3 aromatic rings. The van der Waals surface area contributed by atoms with Gasteiger partial charge in [-0.15, -0.1) is 6.58 Å². The van der Waals surface area contributed by atoms with E-state index in [9.17, 15) is 15.0 Å². The molecule has 11 heteroatoms. The predicted octanol–water partition coefficient (Wildman–Crippen LogP) is 8.00. The summed E-state index contributed by atoms with van der Waals surface area (Å²) in [7, 11) is 0. The van der Waals surface area contributed by atoms with Crippen molar-refractivity contribution in [3.8, 4) is 11.5 Å². The molecule has 1 saturated carbocycles. The molecular formula is C44H55N3O7S. The number of carbonyl (C=O) groups is 1. The molecule has 2 aliphatic carbocycles. The number of hydrogen-bond donors (Lipinski definition) is 3. The summed E-state index contributed by atoms with van der Waals surface area (Å²) >= 11 is 1.82. The first kappa shape index (κ1) is 40.5. The lowest BCUT2D eigenvalue weighted by Gasteiger charge is -2.58. The molecule has 6 rings (SSSR count). The first-order valence-corrected chi connectivity index (χ1v) is 20.8. The van der Waals surface area contributed by atoms with Crippen LogP contribution in [0.25, 0.3) is 0 Å². The summed E-state index contributed by atoms with van der Waals surface area (Å²) in [4.78, 5) is 23.0. The summed E-state index contributed by atoms with van der Waals surface area (Å²) in [5.41, 5.74) is 5.14. The zero-order chi connectivity index (χ0) is 38.5. The Labute approximate surface area is 329 Å². The van der Waals surface area contributed by atoms with Gasteiger partial charge in [0.25, 0.3) is 0 Å². The average Bonchev–Trinajstić information content (AvgIpc) is 3.20. The van der Waals surface area contributed by atoms with Gasteiger partial charge < -0.3 is 34.6 Å². The van der Waals surface area contributed by atoms with E-state index >= 15 is 0 Å². The smallest absolute Gasteiger partial charge is 0.412 e. The lowest BCUT2D eigenvalue weighted by Crippen LogP contribution is -2.64. The van der Waals surface area contributed by atoms with E-state index in [2.05, 4.69) is 35.1 Å². The van der Waals surface area contributed by atoms with E-state index < -0.39 is 11.9 Å². The predicted molar refractivity (Wildman–Crippen MR) is 216 cm³/mol. The zero-order valence-electron chi connectivity index (χ0n) is 31.8. The number of aliphatic hydroxyl groups excluding tert-OH is 2. The Bertz CT molecular complexity index is 1760. The van der Waals surface area contributed by atoms with Gasteiger partial charge in [-0.25, -0.2) is 4.79 Å². The Morgan fingerprint density at radius 3 is 2.58 bits per heavy atom. The highest BCUT2D eigenvalue weighted by Crippen LogP contribution is 2.62. The molecule has 1 aliphatic heterocycles. The van der Waals surface area contributed by atoms with Crippen molar-refractivity contribution in [1.29, 1.82) is 0 Å². The van der Waals surface area contributed by atoms with Gasteiger partial charge in [-0.1, -0.05) is 60.5 Å². The molecule has 2 aromatic carbocycles. The van der Waals surface area contributed by atoms with E-state index in [4.69, 9.17) is 24.2 Å². The Kier molecular flexibility index (Phi) is 14.8.